The van der Waals surface area contributed by atoms with Crippen molar-refractivity contribution in [3.8, 4) is 5.75 Å². The van der Waals surface area contributed by atoms with Gasteiger partial charge in [0, 0.05) is 25.0 Å². The summed E-state index contributed by atoms with van der Waals surface area (Å²) in [6.45, 7) is 4.97. The lowest BCUT2D eigenvalue weighted by atomic mass is 9.78. The Morgan fingerprint density at radius 2 is 2.12 bits per heavy atom. The van der Waals surface area contributed by atoms with Gasteiger partial charge in [-0.3, -0.25) is 4.90 Å². The van der Waals surface area contributed by atoms with Crippen LogP contribution < -0.4 is 0 Å². The zero-order valence-electron chi connectivity index (χ0n) is 8.95. The first kappa shape index (κ1) is 10.4. The maximum Gasteiger partial charge on any atom is 0.134 e. The maximum absolute atomic E-state index is 9.32. The highest BCUT2D eigenvalue weighted by atomic mass is 35.5. The van der Waals surface area contributed by atoms with Gasteiger partial charge >= 0.3 is 0 Å². The molecule has 0 radical (unpaired) electrons. The number of hydrogen-bond donors (Lipinski definition) is 1. The van der Waals surface area contributed by atoms with Crippen LogP contribution in [0.3, 0.4) is 0 Å². The highest BCUT2D eigenvalue weighted by molar-refractivity contribution is 6.32. The first-order valence-corrected chi connectivity index (χ1v) is 5.82. The van der Waals surface area contributed by atoms with E-state index in [-0.39, 0.29) is 5.75 Å². The molecule has 0 saturated carbocycles. The minimum atomic E-state index is 0.151. The first-order chi connectivity index (χ1) is 7.67. The Hall–Kier alpha value is -0.770. The number of phenols is 1. The maximum atomic E-state index is 9.32. The molecule has 1 aromatic rings. The van der Waals surface area contributed by atoms with Gasteiger partial charge in [-0.25, -0.2) is 0 Å². The van der Waals surface area contributed by atoms with Crippen LogP contribution >= 0.6 is 11.6 Å². The summed E-state index contributed by atoms with van der Waals surface area (Å²) >= 11 is 5.86. The Bertz CT molecular complexity index is 409. The summed E-state index contributed by atoms with van der Waals surface area (Å²) in [7, 11) is 0. The predicted octanol–water partition coefficient (Wildman–Crippen LogP) is 1.88. The van der Waals surface area contributed by atoms with Crippen LogP contribution in [0.1, 0.15) is 5.56 Å². The topological polar surface area (TPSA) is 32.7 Å². The molecule has 0 aromatic heterocycles. The average Bonchev–Trinajstić information content (AvgIpc) is 2.13. The molecule has 4 heteroatoms. The Morgan fingerprint density at radius 1 is 1.38 bits per heavy atom. The van der Waals surface area contributed by atoms with Crippen molar-refractivity contribution in [3.05, 3.63) is 28.8 Å². The lowest BCUT2D eigenvalue weighted by molar-refractivity contribution is -0.191. The standard InChI is InChI=1S/C12H14ClNO2/c13-10-3-9(1-2-11(10)15)4-14-5-12(6-14)7-16-8-12/h1-3,15H,4-8H2. The minimum absolute atomic E-state index is 0.151. The molecule has 1 spiro atoms. The quantitative estimate of drug-likeness (QED) is 0.856. The van der Waals surface area contributed by atoms with Gasteiger partial charge in [-0.1, -0.05) is 17.7 Å². The Balaban J connectivity index is 1.60. The van der Waals surface area contributed by atoms with Crippen LogP contribution in [0.15, 0.2) is 18.2 Å². The summed E-state index contributed by atoms with van der Waals surface area (Å²) in [4.78, 5) is 2.38. The molecule has 1 aromatic carbocycles. The fourth-order valence-electron chi connectivity index (χ4n) is 2.49. The zero-order chi connectivity index (χ0) is 11.2. The SMILES string of the molecule is Oc1ccc(CN2CC3(COC3)C2)cc1Cl. The van der Waals surface area contributed by atoms with Crippen LogP contribution in [-0.2, 0) is 11.3 Å². The van der Waals surface area contributed by atoms with Crippen molar-refractivity contribution in [1.82, 2.24) is 4.90 Å². The fraction of sp³-hybridized carbons (Fsp3) is 0.500. The van der Waals surface area contributed by atoms with Crippen molar-refractivity contribution >= 4 is 11.6 Å². The molecule has 0 bridgehead atoms. The summed E-state index contributed by atoms with van der Waals surface area (Å²) in [6.07, 6.45) is 0. The molecule has 1 N–H and O–H groups in total. The number of rotatable bonds is 2. The zero-order valence-corrected chi connectivity index (χ0v) is 9.70. The van der Waals surface area contributed by atoms with E-state index in [9.17, 15) is 5.11 Å². The molecule has 3 nitrogen and oxygen atoms in total. The number of aromatic hydroxyl groups is 1. The third-order valence-electron chi connectivity index (χ3n) is 3.35. The van der Waals surface area contributed by atoms with Crippen LogP contribution in [0.2, 0.25) is 5.02 Å². The third kappa shape index (κ3) is 1.69. The minimum Gasteiger partial charge on any atom is -0.506 e. The predicted molar refractivity (Wildman–Crippen MR) is 61.6 cm³/mol. The van der Waals surface area contributed by atoms with Crippen LogP contribution in [-0.4, -0.2) is 36.3 Å². The van der Waals surface area contributed by atoms with E-state index in [1.54, 1.807) is 6.07 Å². The van der Waals surface area contributed by atoms with E-state index in [2.05, 4.69) is 4.90 Å². The summed E-state index contributed by atoms with van der Waals surface area (Å²) in [5, 5.41) is 9.75. The van der Waals surface area contributed by atoms with Gasteiger partial charge < -0.3 is 9.84 Å². The smallest absolute Gasteiger partial charge is 0.134 e. The Morgan fingerprint density at radius 3 is 2.69 bits per heavy atom. The van der Waals surface area contributed by atoms with Gasteiger partial charge in [-0.15, -0.1) is 0 Å². The number of benzene rings is 1. The van der Waals surface area contributed by atoms with E-state index in [1.807, 2.05) is 12.1 Å². The van der Waals surface area contributed by atoms with Crippen molar-refractivity contribution in [2.75, 3.05) is 26.3 Å². The monoisotopic (exact) mass is 239 g/mol. The number of ether oxygens (including phenoxy) is 1. The molecule has 2 saturated heterocycles. The molecule has 0 aliphatic carbocycles. The Kier molecular flexibility index (Phi) is 2.35. The third-order valence-corrected chi connectivity index (χ3v) is 3.66. The van der Waals surface area contributed by atoms with Gasteiger partial charge in [0.1, 0.15) is 5.75 Å². The van der Waals surface area contributed by atoms with Crippen molar-refractivity contribution in [2.24, 2.45) is 5.41 Å². The number of hydrogen-bond acceptors (Lipinski definition) is 3. The summed E-state index contributed by atoms with van der Waals surface area (Å²) in [6, 6.07) is 5.41. The molecule has 0 unspecified atom stereocenters. The highest BCUT2D eigenvalue weighted by Crippen LogP contribution is 2.38. The van der Waals surface area contributed by atoms with Gasteiger partial charge in [-0.2, -0.15) is 0 Å². The summed E-state index contributed by atoms with van der Waals surface area (Å²) in [5.74, 6) is 0.151. The molecule has 2 aliphatic rings. The molecule has 3 rings (SSSR count). The van der Waals surface area contributed by atoms with E-state index in [0.29, 0.717) is 10.4 Å². The van der Waals surface area contributed by atoms with Crippen molar-refractivity contribution in [2.45, 2.75) is 6.54 Å². The number of nitrogens with zero attached hydrogens (tertiary/aromatic N) is 1. The van der Waals surface area contributed by atoms with Gasteiger partial charge in [-0.05, 0) is 17.7 Å². The number of likely N-dealkylation sites (tertiary alicyclic amines) is 1. The second kappa shape index (κ2) is 3.62. The molecule has 2 aliphatic heterocycles. The summed E-state index contributed by atoms with van der Waals surface area (Å²) in [5.41, 5.74) is 1.61. The van der Waals surface area contributed by atoms with E-state index in [4.69, 9.17) is 16.3 Å². The van der Waals surface area contributed by atoms with Crippen LogP contribution in [0.4, 0.5) is 0 Å². The lowest BCUT2D eigenvalue weighted by Gasteiger charge is -2.55. The molecule has 0 atom stereocenters. The average molecular weight is 240 g/mol. The highest BCUT2D eigenvalue weighted by Gasteiger charge is 2.48. The molecule has 0 amide bonds. The van der Waals surface area contributed by atoms with Gasteiger partial charge in [0.05, 0.1) is 18.2 Å². The normalized spacial score (nSPS) is 22.8. The first-order valence-electron chi connectivity index (χ1n) is 5.44. The van der Waals surface area contributed by atoms with E-state index >= 15 is 0 Å². The molecule has 2 fully saturated rings. The molecule has 86 valence electrons. The molecular formula is C12H14ClNO2. The van der Waals surface area contributed by atoms with Crippen molar-refractivity contribution in [3.63, 3.8) is 0 Å². The molecular weight excluding hydrogens is 226 g/mol. The van der Waals surface area contributed by atoms with E-state index in [1.165, 1.54) is 0 Å². The van der Waals surface area contributed by atoms with Crippen LogP contribution in [0.5, 0.6) is 5.75 Å². The fourth-order valence-corrected chi connectivity index (χ4v) is 2.70. The second-order valence-corrected chi connectivity index (χ2v) is 5.33. The molecule has 16 heavy (non-hydrogen) atoms. The van der Waals surface area contributed by atoms with Crippen molar-refractivity contribution in [1.29, 1.82) is 0 Å². The van der Waals surface area contributed by atoms with Crippen molar-refractivity contribution < 1.29 is 9.84 Å². The number of halogens is 1. The Labute approximate surface area is 99.6 Å². The van der Waals surface area contributed by atoms with Gasteiger partial charge in [0.15, 0.2) is 0 Å². The van der Waals surface area contributed by atoms with Crippen LogP contribution in [0.25, 0.3) is 0 Å². The van der Waals surface area contributed by atoms with E-state index < -0.39 is 0 Å². The summed E-state index contributed by atoms with van der Waals surface area (Å²) < 4.78 is 5.23. The molecule has 2 heterocycles. The van der Waals surface area contributed by atoms with Gasteiger partial charge in [0.2, 0.25) is 0 Å². The van der Waals surface area contributed by atoms with E-state index in [0.717, 1.165) is 38.4 Å². The lowest BCUT2D eigenvalue weighted by Crippen LogP contribution is -2.65. The van der Waals surface area contributed by atoms with Crippen LogP contribution in [0, 0.1) is 5.41 Å². The van der Waals surface area contributed by atoms with Gasteiger partial charge in [0.25, 0.3) is 0 Å². The number of phenolic OH excluding ortho intramolecular Hbond substituents is 1. The second-order valence-electron chi connectivity index (χ2n) is 4.92. The largest absolute Gasteiger partial charge is 0.506 e.